The second-order valence-electron chi connectivity index (χ2n) is 5.53. The SMILES string of the molecule is O=C1NC(CO)C(OC2OC(CO)C(O)C(O)C2O)C(O)C1O. The van der Waals surface area contributed by atoms with Crippen LogP contribution in [0.1, 0.15) is 0 Å². The molecule has 2 heterocycles. The second kappa shape index (κ2) is 7.34. The van der Waals surface area contributed by atoms with E-state index in [0.717, 1.165) is 0 Å². The Hall–Kier alpha value is -0.890. The maximum atomic E-state index is 11.4. The highest BCUT2D eigenvalue weighted by Crippen LogP contribution is 2.26. The summed E-state index contributed by atoms with van der Waals surface area (Å²) in [5, 5.41) is 69.3. The van der Waals surface area contributed by atoms with E-state index in [1.54, 1.807) is 0 Å². The molecule has 11 heteroatoms. The summed E-state index contributed by atoms with van der Waals surface area (Å²) >= 11 is 0. The lowest BCUT2D eigenvalue weighted by atomic mass is 9.95. The summed E-state index contributed by atoms with van der Waals surface area (Å²) in [4.78, 5) is 11.4. The molecule has 2 aliphatic rings. The fourth-order valence-corrected chi connectivity index (χ4v) is 2.58. The Balaban J connectivity index is 2.13. The molecule has 134 valence electrons. The van der Waals surface area contributed by atoms with Crippen molar-refractivity contribution in [2.24, 2.45) is 0 Å². The zero-order chi connectivity index (χ0) is 17.3. The molecule has 0 radical (unpaired) electrons. The molecule has 0 aromatic heterocycles. The van der Waals surface area contributed by atoms with Gasteiger partial charge in [-0.1, -0.05) is 0 Å². The summed E-state index contributed by atoms with van der Waals surface area (Å²) in [5.41, 5.74) is 0. The van der Waals surface area contributed by atoms with E-state index in [1.165, 1.54) is 0 Å². The van der Waals surface area contributed by atoms with Gasteiger partial charge in [0.15, 0.2) is 12.4 Å². The van der Waals surface area contributed by atoms with Crippen LogP contribution in [0.15, 0.2) is 0 Å². The second-order valence-corrected chi connectivity index (χ2v) is 5.53. The lowest BCUT2D eigenvalue weighted by Crippen LogP contribution is -2.67. The Morgan fingerprint density at radius 2 is 1.61 bits per heavy atom. The molecule has 1 amide bonds. The molecule has 2 fully saturated rings. The summed E-state index contributed by atoms with van der Waals surface area (Å²) in [6, 6.07) is -1.09. The molecule has 8 N–H and O–H groups in total. The number of carbonyl (C=O) groups excluding carboxylic acids is 1. The van der Waals surface area contributed by atoms with Crippen molar-refractivity contribution >= 4 is 5.91 Å². The molecule has 2 aliphatic heterocycles. The molecule has 0 bridgehead atoms. The van der Waals surface area contributed by atoms with Crippen molar-refractivity contribution < 1.29 is 50.0 Å². The summed E-state index contributed by atoms with van der Waals surface area (Å²) in [7, 11) is 0. The molecule has 2 saturated heterocycles. The van der Waals surface area contributed by atoms with Gasteiger partial charge in [-0.05, 0) is 0 Å². The third-order valence-corrected chi connectivity index (χ3v) is 3.99. The van der Waals surface area contributed by atoms with Gasteiger partial charge in [-0.25, -0.2) is 0 Å². The molecule has 0 aliphatic carbocycles. The summed E-state index contributed by atoms with van der Waals surface area (Å²) in [6.07, 6.45) is -12.6. The van der Waals surface area contributed by atoms with E-state index < -0.39 is 74.2 Å². The van der Waals surface area contributed by atoms with Crippen molar-refractivity contribution in [3.05, 3.63) is 0 Å². The number of hydrogen-bond acceptors (Lipinski definition) is 10. The van der Waals surface area contributed by atoms with Gasteiger partial charge < -0.3 is 50.5 Å². The molecule has 0 aromatic rings. The van der Waals surface area contributed by atoms with E-state index in [1.807, 2.05) is 0 Å². The first-order valence-electron chi connectivity index (χ1n) is 7.05. The first-order valence-corrected chi connectivity index (χ1v) is 7.05. The first-order chi connectivity index (χ1) is 10.8. The molecule has 0 aromatic carbocycles. The van der Waals surface area contributed by atoms with Gasteiger partial charge in [-0.3, -0.25) is 4.79 Å². The van der Waals surface area contributed by atoms with Crippen LogP contribution in [-0.2, 0) is 14.3 Å². The third kappa shape index (κ3) is 3.47. The van der Waals surface area contributed by atoms with Gasteiger partial charge in [0.2, 0.25) is 0 Å². The fraction of sp³-hybridized carbons (Fsp3) is 0.917. The van der Waals surface area contributed by atoms with Crippen LogP contribution in [0.2, 0.25) is 0 Å². The topological polar surface area (TPSA) is 189 Å². The number of nitrogens with one attached hydrogen (secondary N) is 1. The van der Waals surface area contributed by atoms with Crippen LogP contribution in [0.3, 0.4) is 0 Å². The fourth-order valence-electron chi connectivity index (χ4n) is 2.58. The van der Waals surface area contributed by atoms with Crippen molar-refractivity contribution in [3.8, 4) is 0 Å². The number of amides is 1. The molecular formula is C12H21NO10. The van der Waals surface area contributed by atoms with Gasteiger partial charge in [0.05, 0.1) is 19.3 Å². The molecule has 2 rings (SSSR count). The lowest BCUT2D eigenvalue weighted by Gasteiger charge is -2.44. The minimum absolute atomic E-state index is 0.627. The number of ether oxygens (including phenoxy) is 2. The molecule has 9 unspecified atom stereocenters. The summed E-state index contributed by atoms with van der Waals surface area (Å²) in [5.74, 6) is -0.898. The van der Waals surface area contributed by atoms with Crippen LogP contribution >= 0.6 is 0 Å². The van der Waals surface area contributed by atoms with Gasteiger partial charge in [0.25, 0.3) is 5.91 Å². The molecule has 11 nitrogen and oxygen atoms in total. The van der Waals surface area contributed by atoms with Crippen molar-refractivity contribution in [3.63, 3.8) is 0 Å². The Labute approximate surface area is 130 Å². The van der Waals surface area contributed by atoms with Gasteiger partial charge in [-0.15, -0.1) is 0 Å². The number of hydrogen-bond donors (Lipinski definition) is 8. The molecule has 0 saturated carbocycles. The van der Waals surface area contributed by atoms with E-state index in [-0.39, 0.29) is 0 Å². The third-order valence-electron chi connectivity index (χ3n) is 3.99. The number of aliphatic hydroxyl groups excluding tert-OH is 7. The Kier molecular flexibility index (Phi) is 5.89. The van der Waals surface area contributed by atoms with Gasteiger partial charge >= 0.3 is 0 Å². The molecule has 9 atom stereocenters. The summed E-state index contributed by atoms with van der Waals surface area (Å²) < 4.78 is 10.4. The molecule has 23 heavy (non-hydrogen) atoms. The van der Waals surface area contributed by atoms with E-state index in [9.17, 15) is 35.4 Å². The summed E-state index contributed by atoms with van der Waals surface area (Å²) in [6.45, 7) is -1.29. The normalized spacial score (nSPS) is 48.1. The zero-order valence-electron chi connectivity index (χ0n) is 12.0. The number of rotatable bonds is 4. The van der Waals surface area contributed by atoms with Crippen LogP contribution in [0.5, 0.6) is 0 Å². The lowest BCUT2D eigenvalue weighted by molar-refractivity contribution is -0.323. The average molecular weight is 339 g/mol. The van der Waals surface area contributed by atoms with Crippen LogP contribution < -0.4 is 5.32 Å². The highest BCUT2D eigenvalue weighted by molar-refractivity contribution is 5.82. The van der Waals surface area contributed by atoms with Gasteiger partial charge in [-0.2, -0.15) is 0 Å². The van der Waals surface area contributed by atoms with Crippen LogP contribution in [0, 0.1) is 0 Å². The monoisotopic (exact) mass is 339 g/mol. The number of carbonyl (C=O) groups is 1. The van der Waals surface area contributed by atoms with Crippen molar-refractivity contribution in [1.29, 1.82) is 0 Å². The predicted octanol–water partition coefficient (Wildman–Crippen LogP) is -5.62. The van der Waals surface area contributed by atoms with Gasteiger partial charge in [0, 0.05) is 0 Å². The van der Waals surface area contributed by atoms with E-state index in [2.05, 4.69) is 5.32 Å². The smallest absolute Gasteiger partial charge is 0.252 e. The Morgan fingerprint density at radius 3 is 2.17 bits per heavy atom. The highest BCUT2D eigenvalue weighted by Gasteiger charge is 2.49. The minimum atomic E-state index is -1.81. The largest absolute Gasteiger partial charge is 0.394 e. The van der Waals surface area contributed by atoms with Gasteiger partial charge in [0.1, 0.15) is 36.6 Å². The maximum Gasteiger partial charge on any atom is 0.252 e. The first kappa shape index (κ1) is 18.4. The van der Waals surface area contributed by atoms with E-state index >= 15 is 0 Å². The highest BCUT2D eigenvalue weighted by atomic mass is 16.7. The number of piperidine rings is 1. The average Bonchev–Trinajstić information content (AvgIpc) is 2.55. The van der Waals surface area contributed by atoms with Crippen LogP contribution in [0.25, 0.3) is 0 Å². The van der Waals surface area contributed by atoms with Crippen molar-refractivity contribution in [1.82, 2.24) is 5.32 Å². The Bertz CT molecular complexity index is 419. The van der Waals surface area contributed by atoms with Crippen LogP contribution in [-0.4, -0.2) is 110 Å². The maximum absolute atomic E-state index is 11.4. The predicted molar refractivity (Wildman–Crippen MR) is 69.7 cm³/mol. The molecule has 0 spiro atoms. The van der Waals surface area contributed by atoms with Crippen LogP contribution in [0.4, 0.5) is 0 Å². The van der Waals surface area contributed by atoms with Crippen molar-refractivity contribution in [2.45, 2.75) is 55.1 Å². The minimum Gasteiger partial charge on any atom is -0.394 e. The zero-order valence-corrected chi connectivity index (χ0v) is 12.0. The molecular weight excluding hydrogens is 318 g/mol. The van der Waals surface area contributed by atoms with E-state index in [4.69, 9.17) is 14.6 Å². The van der Waals surface area contributed by atoms with E-state index in [0.29, 0.717) is 0 Å². The van der Waals surface area contributed by atoms with Crippen molar-refractivity contribution in [2.75, 3.05) is 13.2 Å². The number of aliphatic hydroxyl groups is 7. The Morgan fingerprint density at radius 1 is 0.957 bits per heavy atom. The quantitative estimate of drug-likeness (QED) is 0.245. The standard InChI is InChI=1S/C12H21NO10/c14-1-3-10(7(18)8(19)11(21)13-3)23-12-9(20)6(17)5(16)4(2-15)22-12/h3-10,12,14-20H,1-2H2,(H,13,21).